The number of anilines is 1. The number of halogens is 2. The SMILES string of the molecule is O=C(NCc1ccc(F)cc1)C1CCN(c2ccc(Br)cc2[N+](=O)[O-])CC1. The van der Waals surface area contributed by atoms with E-state index >= 15 is 0 Å². The molecule has 0 radical (unpaired) electrons. The lowest BCUT2D eigenvalue weighted by molar-refractivity contribution is -0.384. The third kappa shape index (κ3) is 4.82. The lowest BCUT2D eigenvalue weighted by atomic mass is 9.95. The molecule has 1 amide bonds. The van der Waals surface area contributed by atoms with Gasteiger partial charge in [0.15, 0.2) is 0 Å². The Kier molecular flexibility index (Phi) is 6.05. The van der Waals surface area contributed by atoms with Gasteiger partial charge in [-0.1, -0.05) is 28.1 Å². The monoisotopic (exact) mass is 435 g/mol. The van der Waals surface area contributed by atoms with Gasteiger partial charge in [-0.2, -0.15) is 0 Å². The van der Waals surface area contributed by atoms with Gasteiger partial charge in [-0.05, 0) is 42.7 Å². The van der Waals surface area contributed by atoms with Gasteiger partial charge < -0.3 is 10.2 Å². The van der Waals surface area contributed by atoms with Crippen LogP contribution in [0.3, 0.4) is 0 Å². The summed E-state index contributed by atoms with van der Waals surface area (Å²) in [6, 6.07) is 11.0. The quantitative estimate of drug-likeness (QED) is 0.568. The number of nitrogens with one attached hydrogen (secondary N) is 1. The normalized spacial score (nSPS) is 14.8. The van der Waals surface area contributed by atoms with E-state index in [1.54, 1.807) is 24.3 Å². The standard InChI is InChI=1S/C19H19BrFN3O3/c20-15-3-6-17(18(11-15)24(26)27)23-9-7-14(8-10-23)19(25)22-12-13-1-4-16(21)5-2-13/h1-6,11,14H,7-10,12H2,(H,22,25). The van der Waals surface area contributed by atoms with Crippen molar-refractivity contribution in [2.24, 2.45) is 5.92 Å². The summed E-state index contributed by atoms with van der Waals surface area (Å²) >= 11 is 3.26. The number of nitrogens with zero attached hydrogens (tertiary/aromatic N) is 2. The first kappa shape index (κ1) is 19.3. The Morgan fingerprint density at radius 1 is 1.22 bits per heavy atom. The van der Waals surface area contributed by atoms with E-state index in [9.17, 15) is 19.3 Å². The van der Waals surface area contributed by atoms with Crippen LogP contribution in [-0.4, -0.2) is 23.9 Å². The van der Waals surface area contributed by atoms with Crippen molar-refractivity contribution in [2.75, 3.05) is 18.0 Å². The summed E-state index contributed by atoms with van der Waals surface area (Å²) in [5.74, 6) is -0.472. The molecule has 8 heteroatoms. The maximum absolute atomic E-state index is 12.9. The molecule has 1 aliphatic heterocycles. The molecule has 3 rings (SSSR count). The predicted molar refractivity (Wildman–Crippen MR) is 104 cm³/mol. The second kappa shape index (κ2) is 8.47. The maximum Gasteiger partial charge on any atom is 0.293 e. The summed E-state index contributed by atoms with van der Waals surface area (Å²) in [4.78, 5) is 25.2. The Morgan fingerprint density at radius 3 is 2.52 bits per heavy atom. The van der Waals surface area contributed by atoms with Gasteiger partial charge >= 0.3 is 0 Å². The molecular formula is C19H19BrFN3O3. The molecule has 0 unspecified atom stereocenters. The number of hydrogen-bond donors (Lipinski definition) is 1. The first-order valence-electron chi connectivity index (χ1n) is 8.65. The van der Waals surface area contributed by atoms with E-state index in [0.29, 0.717) is 42.6 Å². The Balaban J connectivity index is 1.56. The summed E-state index contributed by atoms with van der Waals surface area (Å²) in [6.07, 6.45) is 1.25. The van der Waals surface area contributed by atoms with Crippen molar-refractivity contribution in [3.8, 4) is 0 Å². The van der Waals surface area contributed by atoms with Crippen molar-refractivity contribution in [2.45, 2.75) is 19.4 Å². The second-order valence-electron chi connectivity index (χ2n) is 6.50. The molecule has 2 aromatic rings. The molecule has 0 bridgehead atoms. The highest BCUT2D eigenvalue weighted by Gasteiger charge is 2.28. The number of benzene rings is 2. The molecule has 0 atom stereocenters. The van der Waals surface area contributed by atoms with Crippen molar-refractivity contribution in [3.63, 3.8) is 0 Å². The van der Waals surface area contributed by atoms with Crippen molar-refractivity contribution >= 4 is 33.2 Å². The third-order valence-electron chi connectivity index (χ3n) is 4.72. The number of nitro groups is 1. The van der Waals surface area contributed by atoms with Crippen LogP contribution in [0, 0.1) is 21.8 Å². The fourth-order valence-corrected chi connectivity index (χ4v) is 3.58. The van der Waals surface area contributed by atoms with Gasteiger partial charge in [-0.25, -0.2) is 4.39 Å². The Hall–Kier alpha value is -2.48. The molecule has 1 saturated heterocycles. The smallest absolute Gasteiger partial charge is 0.293 e. The third-order valence-corrected chi connectivity index (χ3v) is 5.21. The van der Waals surface area contributed by atoms with Gasteiger partial charge in [-0.3, -0.25) is 14.9 Å². The Labute approximate surface area is 164 Å². The highest BCUT2D eigenvalue weighted by atomic mass is 79.9. The van der Waals surface area contributed by atoms with Crippen LogP contribution in [0.4, 0.5) is 15.8 Å². The number of rotatable bonds is 5. The molecule has 0 saturated carbocycles. The first-order chi connectivity index (χ1) is 12.9. The number of piperidine rings is 1. The van der Waals surface area contributed by atoms with Gasteiger partial charge in [0.25, 0.3) is 5.69 Å². The van der Waals surface area contributed by atoms with E-state index in [2.05, 4.69) is 21.2 Å². The minimum Gasteiger partial charge on any atom is -0.366 e. The Bertz CT molecular complexity index is 837. The number of amides is 1. The van der Waals surface area contributed by atoms with Crippen LogP contribution in [0.25, 0.3) is 0 Å². The van der Waals surface area contributed by atoms with Gasteiger partial charge in [-0.15, -0.1) is 0 Å². The zero-order chi connectivity index (χ0) is 19.4. The molecule has 1 N–H and O–H groups in total. The lowest BCUT2D eigenvalue weighted by Gasteiger charge is -2.32. The van der Waals surface area contributed by atoms with Gasteiger partial charge in [0.2, 0.25) is 5.91 Å². The molecule has 27 heavy (non-hydrogen) atoms. The molecule has 142 valence electrons. The fourth-order valence-electron chi connectivity index (χ4n) is 3.23. The minimum atomic E-state index is -0.387. The zero-order valence-electron chi connectivity index (χ0n) is 14.5. The van der Waals surface area contributed by atoms with Crippen molar-refractivity contribution in [3.05, 3.63) is 68.4 Å². The van der Waals surface area contributed by atoms with E-state index in [0.717, 1.165) is 5.56 Å². The number of nitro benzene ring substituents is 1. The second-order valence-corrected chi connectivity index (χ2v) is 7.41. The summed E-state index contributed by atoms with van der Waals surface area (Å²) < 4.78 is 13.6. The average molecular weight is 436 g/mol. The van der Waals surface area contributed by atoms with E-state index in [1.165, 1.54) is 18.2 Å². The summed E-state index contributed by atoms with van der Waals surface area (Å²) in [7, 11) is 0. The molecule has 1 heterocycles. The first-order valence-corrected chi connectivity index (χ1v) is 9.44. The van der Waals surface area contributed by atoms with Crippen LogP contribution < -0.4 is 10.2 Å². The lowest BCUT2D eigenvalue weighted by Crippen LogP contribution is -2.40. The van der Waals surface area contributed by atoms with E-state index in [4.69, 9.17) is 0 Å². The summed E-state index contributed by atoms with van der Waals surface area (Å²) in [5, 5.41) is 14.2. The van der Waals surface area contributed by atoms with Crippen LogP contribution in [0.1, 0.15) is 18.4 Å². The highest BCUT2D eigenvalue weighted by molar-refractivity contribution is 9.10. The number of hydrogen-bond acceptors (Lipinski definition) is 4. The average Bonchev–Trinajstić information content (AvgIpc) is 2.67. The van der Waals surface area contributed by atoms with Crippen LogP contribution in [-0.2, 0) is 11.3 Å². The predicted octanol–water partition coefficient (Wildman–Crippen LogP) is 4.03. The molecule has 6 nitrogen and oxygen atoms in total. The van der Waals surface area contributed by atoms with E-state index in [-0.39, 0.29) is 28.3 Å². The van der Waals surface area contributed by atoms with Crippen LogP contribution in [0.2, 0.25) is 0 Å². The highest BCUT2D eigenvalue weighted by Crippen LogP contribution is 2.33. The zero-order valence-corrected chi connectivity index (χ0v) is 16.1. The molecule has 1 fully saturated rings. The largest absolute Gasteiger partial charge is 0.366 e. The van der Waals surface area contributed by atoms with Crippen LogP contribution in [0.5, 0.6) is 0 Å². The van der Waals surface area contributed by atoms with Crippen LogP contribution in [0.15, 0.2) is 46.9 Å². The molecule has 0 spiro atoms. The van der Waals surface area contributed by atoms with Crippen molar-refractivity contribution in [1.29, 1.82) is 0 Å². The molecule has 1 aliphatic rings. The van der Waals surface area contributed by atoms with Gasteiger partial charge in [0.05, 0.1) is 4.92 Å². The van der Waals surface area contributed by atoms with Crippen molar-refractivity contribution < 1.29 is 14.1 Å². The maximum atomic E-state index is 12.9. The van der Waals surface area contributed by atoms with Gasteiger partial charge in [0, 0.05) is 36.1 Å². The molecule has 0 aromatic heterocycles. The molecule has 0 aliphatic carbocycles. The number of carbonyl (C=O) groups is 1. The van der Waals surface area contributed by atoms with Gasteiger partial charge in [0.1, 0.15) is 11.5 Å². The van der Waals surface area contributed by atoms with E-state index < -0.39 is 0 Å². The molecular weight excluding hydrogens is 417 g/mol. The number of carbonyl (C=O) groups excluding carboxylic acids is 1. The molecule has 2 aromatic carbocycles. The van der Waals surface area contributed by atoms with Crippen molar-refractivity contribution in [1.82, 2.24) is 5.32 Å². The topological polar surface area (TPSA) is 75.5 Å². The minimum absolute atomic E-state index is 0.0377. The fraction of sp³-hybridized carbons (Fsp3) is 0.316. The van der Waals surface area contributed by atoms with E-state index in [1.807, 2.05) is 4.90 Å². The summed E-state index contributed by atoms with van der Waals surface area (Å²) in [6.45, 7) is 1.52. The Morgan fingerprint density at radius 2 is 1.89 bits per heavy atom. The summed E-state index contributed by atoms with van der Waals surface area (Å²) in [5.41, 5.74) is 1.48. The van der Waals surface area contributed by atoms with Crippen LogP contribution >= 0.6 is 15.9 Å².